The molecule has 1 heterocycles. The fraction of sp³-hybridized carbons (Fsp3) is 0.625. The number of ether oxygens (including phenoxy) is 1. The molecule has 2 unspecified atom stereocenters. The van der Waals surface area contributed by atoms with Gasteiger partial charge in [0.15, 0.2) is 0 Å². The summed E-state index contributed by atoms with van der Waals surface area (Å²) in [5, 5.41) is 3.61. The topological polar surface area (TPSA) is 24.5 Å². The first-order chi connectivity index (χ1) is 9.06. The van der Waals surface area contributed by atoms with Gasteiger partial charge in [-0.2, -0.15) is 0 Å². The molecule has 1 aromatic rings. The van der Waals surface area contributed by atoms with Crippen molar-refractivity contribution in [2.45, 2.75) is 32.9 Å². The molecule has 1 aliphatic heterocycles. The van der Waals surface area contributed by atoms with Crippen LogP contribution in [0.1, 0.15) is 29.7 Å². The van der Waals surface area contributed by atoms with E-state index in [1.807, 2.05) is 0 Å². The maximum atomic E-state index is 5.78. The van der Waals surface area contributed by atoms with Crippen molar-refractivity contribution < 1.29 is 4.74 Å². The zero-order valence-electron chi connectivity index (χ0n) is 12.6. The first kappa shape index (κ1) is 14.5. The minimum Gasteiger partial charge on any atom is -0.374 e. The Hall–Kier alpha value is -0.900. The fourth-order valence-corrected chi connectivity index (χ4v) is 2.63. The second kappa shape index (κ2) is 6.51. The molecule has 0 aliphatic carbocycles. The van der Waals surface area contributed by atoms with Crippen LogP contribution in [0.2, 0.25) is 0 Å². The van der Waals surface area contributed by atoms with E-state index >= 15 is 0 Å². The van der Waals surface area contributed by atoms with E-state index in [0.29, 0.717) is 12.1 Å². The standard InChI is InChI=1S/C16H26N2O/c1-12-5-6-13(2)16(9-12)14(3)17-10-15-11-18(4)7-8-19-15/h5-6,9,14-15,17H,7-8,10-11H2,1-4H3. The second-order valence-corrected chi connectivity index (χ2v) is 5.75. The van der Waals surface area contributed by atoms with E-state index in [0.717, 1.165) is 26.2 Å². The number of hydrogen-bond donors (Lipinski definition) is 1. The highest BCUT2D eigenvalue weighted by Gasteiger charge is 2.18. The average molecular weight is 262 g/mol. The van der Waals surface area contributed by atoms with Crippen LogP contribution < -0.4 is 5.32 Å². The van der Waals surface area contributed by atoms with Crippen molar-refractivity contribution in [1.82, 2.24) is 10.2 Å². The van der Waals surface area contributed by atoms with Crippen molar-refractivity contribution in [3.05, 3.63) is 34.9 Å². The van der Waals surface area contributed by atoms with Gasteiger partial charge in [-0.1, -0.05) is 23.8 Å². The van der Waals surface area contributed by atoms with Gasteiger partial charge in [0.25, 0.3) is 0 Å². The van der Waals surface area contributed by atoms with Gasteiger partial charge in [0.1, 0.15) is 0 Å². The Morgan fingerprint density at radius 3 is 2.95 bits per heavy atom. The van der Waals surface area contributed by atoms with E-state index in [9.17, 15) is 0 Å². The fourth-order valence-electron chi connectivity index (χ4n) is 2.63. The Morgan fingerprint density at radius 2 is 2.21 bits per heavy atom. The number of likely N-dealkylation sites (N-methyl/N-ethyl adjacent to an activating group) is 1. The van der Waals surface area contributed by atoms with E-state index in [4.69, 9.17) is 4.74 Å². The summed E-state index contributed by atoms with van der Waals surface area (Å²) in [5.74, 6) is 0. The molecule has 2 rings (SSSR count). The van der Waals surface area contributed by atoms with Gasteiger partial charge in [-0.3, -0.25) is 0 Å². The molecule has 3 heteroatoms. The molecule has 2 atom stereocenters. The maximum Gasteiger partial charge on any atom is 0.0826 e. The van der Waals surface area contributed by atoms with Gasteiger partial charge in [-0.05, 0) is 38.9 Å². The maximum absolute atomic E-state index is 5.78. The van der Waals surface area contributed by atoms with Gasteiger partial charge >= 0.3 is 0 Å². The number of nitrogens with zero attached hydrogens (tertiary/aromatic N) is 1. The minimum atomic E-state index is 0.311. The van der Waals surface area contributed by atoms with Crippen LogP contribution in [0.15, 0.2) is 18.2 Å². The molecule has 106 valence electrons. The Kier molecular flexibility index (Phi) is 4.97. The number of nitrogens with one attached hydrogen (secondary N) is 1. The van der Waals surface area contributed by atoms with Crippen molar-refractivity contribution in [3.8, 4) is 0 Å². The number of aryl methyl sites for hydroxylation is 2. The van der Waals surface area contributed by atoms with Crippen LogP contribution in [0, 0.1) is 13.8 Å². The van der Waals surface area contributed by atoms with Crippen molar-refractivity contribution in [2.75, 3.05) is 33.3 Å². The van der Waals surface area contributed by atoms with Crippen molar-refractivity contribution in [2.24, 2.45) is 0 Å². The SMILES string of the molecule is Cc1ccc(C)c(C(C)NCC2CN(C)CCO2)c1. The van der Waals surface area contributed by atoms with Crippen LogP contribution in [0.5, 0.6) is 0 Å². The predicted octanol–water partition coefficient (Wildman–Crippen LogP) is 2.28. The van der Waals surface area contributed by atoms with Crippen LogP contribution in [0.3, 0.4) is 0 Å². The van der Waals surface area contributed by atoms with Crippen LogP contribution in [-0.2, 0) is 4.74 Å². The van der Waals surface area contributed by atoms with Crippen LogP contribution >= 0.6 is 0 Å². The van der Waals surface area contributed by atoms with Crippen LogP contribution in [0.4, 0.5) is 0 Å². The number of hydrogen-bond acceptors (Lipinski definition) is 3. The smallest absolute Gasteiger partial charge is 0.0826 e. The first-order valence-corrected chi connectivity index (χ1v) is 7.17. The Balaban J connectivity index is 1.90. The van der Waals surface area contributed by atoms with E-state index < -0.39 is 0 Å². The summed E-state index contributed by atoms with van der Waals surface area (Å²) < 4.78 is 5.78. The predicted molar refractivity (Wildman–Crippen MR) is 79.6 cm³/mol. The number of morpholine rings is 1. The van der Waals surface area contributed by atoms with E-state index in [-0.39, 0.29) is 0 Å². The molecule has 0 amide bonds. The molecule has 0 aromatic heterocycles. The van der Waals surface area contributed by atoms with Gasteiger partial charge in [-0.15, -0.1) is 0 Å². The Morgan fingerprint density at radius 1 is 1.42 bits per heavy atom. The van der Waals surface area contributed by atoms with Crippen molar-refractivity contribution >= 4 is 0 Å². The summed E-state index contributed by atoms with van der Waals surface area (Å²) >= 11 is 0. The molecular formula is C16H26N2O. The molecule has 0 bridgehead atoms. The third kappa shape index (κ3) is 4.03. The lowest BCUT2D eigenvalue weighted by molar-refractivity contribution is -0.0191. The zero-order chi connectivity index (χ0) is 13.8. The lowest BCUT2D eigenvalue weighted by Crippen LogP contribution is -2.45. The van der Waals surface area contributed by atoms with Gasteiger partial charge in [0.2, 0.25) is 0 Å². The molecule has 1 saturated heterocycles. The molecule has 1 aromatic carbocycles. The molecular weight excluding hydrogens is 236 g/mol. The first-order valence-electron chi connectivity index (χ1n) is 7.17. The highest BCUT2D eigenvalue weighted by molar-refractivity contribution is 5.32. The third-order valence-corrected chi connectivity index (χ3v) is 3.89. The highest BCUT2D eigenvalue weighted by atomic mass is 16.5. The van der Waals surface area contributed by atoms with Crippen molar-refractivity contribution in [3.63, 3.8) is 0 Å². The lowest BCUT2D eigenvalue weighted by Gasteiger charge is -2.31. The molecule has 0 spiro atoms. The summed E-state index contributed by atoms with van der Waals surface area (Å²) in [6.45, 7) is 10.4. The summed E-state index contributed by atoms with van der Waals surface area (Å²) in [7, 11) is 2.16. The minimum absolute atomic E-state index is 0.311. The molecule has 0 radical (unpaired) electrons. The number of rotatable bonds is 4. The van der Waals surface area contributed by atoms with Crippen LogP contribution in [0.25, 0.3) is 0 Å². The van der Waals surface area contributed by atoms with Crippen molar-refractivity contribution in [1.29, 1.82) is 0 Å². The van der Waals surface area contributed by atoms with Gasteiger partial charge < -0.3 is 15.0 Å². The van der Waals surface area contributed by atoms with Gasteiger partial charge in [0.05, 0.1) is 12.7 Å². The Bertz CT molecular complexity index is 419. The molecule has 3 nitrogen and oxygen atoms in total. The van der Waals surface area contributed by atoms with Gasteiger partial charge in [-0.25, -0.2) is 0 Å². The summed E-state index contributed by atoms with van der Waals surface area (Å²) in [4.78, 5) is 2.33. The highest BCUT2D eigenvalue weighted by Crippen LogP contribution is 2.19. The number of benzene rings is 1. The van der Waals surface area contributed by atoms with E-state index in [1.54, 1.807) is 0 Å². The molecule has 1 aliphatic rings. The monoisotopic (exact) mass is 262 g/mol. The molecule has 19 heavy (non-hydrogen) atoms. The van der Waals surface area contributed by atoms with E-state index in [1.165, 1.54) is 16.7 Å². The quantitative estimate of drug-likeness (QED) is 0.901. The second-order valence-electron chi connectivity index (χ2n) is 5.75. The largest absolute Gasteiger partial charge is 0.374 e. The average Bonchev–Trinajstić information content (AvgIpc) is 2.39. The normalized spacial score (nSPS) is 22.4. The van der Waals surface area contributed by atoms with Crippen LogP contribution in [-0.4, -0.2) is 44.3 Å². The van der Waals surface area contributed by atoms with E-state index in [2.05, 4.69) is 56.2 Å². The molecule has 1 fully saturated rings. The summed E-state index contributed by atoms with van der Waals surface area (Å²) in [6.07, 6.45) is 0.311. The molecule has 1 N–H and O–H groups in total. The summed E-state index contributed by atoms with van der Waals surface area (Å²) in [6, 6.07) is 7.02. The molecule has 0 saturated carbocycles. The Labute approximate surface area is 116 Å². The third-order valence-electron chi connectivity index (χ3n) is 3.89. The lowest BCUT2D eigenvalue weighted by atomic mass is 10.00. The zero-order valence-corrected chi connectivity index (χ0v) is 12.6. The summed E-state index contributed by atoms with van der Waals surface area (Å²) in [5.41, 5.74) is 4.07. The van der Waals surface area contributed by atoms with Gasteiger partial charge in [0, 0.05) is 25.7 Å².